The van der Waals surface area contributed by atoms with Crippen LogP contribution in [0, 0.1) is 0 Å². The molecule has 0 bridgehead atoms. The van der Waals surface area contributed by atoms with Crippen molar-refractivity contribution in [1.82, 2.24) is 9.88 Å². The van der Waals surface area contributed by atoms with E-state index in [1.165, 1.54) is 32.6 Å². The topological polar surface area (TPSA) is 19.0 Å². The summed E-state index contributed by atoms with van der Waals surface area (Å²) in [5.74, 6) is 0.522. The van der Waals surface area contributed by atoms with Gasteiger partial charge in [-0.05, 0) is 49.4 Å². The third-order valence-corrected chi connectivity index (χ3v) is 5.81. The van der Waals surface area contributed by atoms with Crippen LogP contribution >= 0.6 is 11.8 Å². The van der Waals surface area contributed by atoms with Crippen LogP contribution in [-0.2, 0) is 6.42 Å². The molecule has 114 valence electrons. The minimum atomic E-state index is 0.522. The molecule has 1 aliphatic carbocycles. The number of nitrogens with zero attached hydrogens (tertiary/aromatic N) is 1. The van der Waals surface area contributed by atoms with E-state index in [2.05, 4.69) is 61.6 Å². The van der Waals surface area contributed by atoms with Crippen molar-refractivity contribution < 1.29 is 0 Å². The smallest absolute Gasteiger partial charge is 0.0810 e. The van der Waals surface area contributed by atoms with E-state index in [4.69, 9.17) is 0 Å². The zero-order valence-corrected chi connectivity index (χ0v) is 14.3. The molecule has 0 saturated carbocycles. The quantitative estimate of drug-likeness (QED) is 0.641. The van der Waals surface area contributed by atoms with Crippen molar-refractivity contribution >= 4 is 22.7 Å². The molecule has 1 aromatic carbocycles. The van der Waals surface area contributed by atoms with E-state index in [1.807, 2.05) is 0 Å². The average Bonchev–Trinajstić information content (AvgIpc) is 2.79. The highest BCUT2D eigenvalue weighted by atomic mass is 32.2. The lowest BCUT2D eigenvalue weighted by Crippen LogP contribution is -2.43. The third-order valence-electron chi connectivity index (χ3n) is 4.91. The van der Waals surface area contributed by atoms with Crippen LogP contribution in [0.2, 0.25) is 0 Å². The summed E-state index contributed by atoms with van der Waals surface area (Å²) >= 11 is 1.78. The Kier molecular flexibility index (Phi) is 3.24. The number of hydrogen-bond acceptors (Lipinski definition) is 2. The normalized spacial score (nSPS) is 24.2. The first-order valence-corrected chi connectivity index (χ1v) is 8.70. The average molecular weight is 310 g/mol. The predicted molar refractivity (Wildman–Crippen MR) is 95.6 cm³/mol. The number of allylic oxidation sites excluding steroid dienone is 1. The summed E-state index contributed by atoms with van der Waals surface area (Å²) in [5.41, 5.74) is 5.73. The zero-order chi connectivity index (χ0) is 15.4. The van der Waals surface area contributed by atoms with Crippen LogP contribution in [0.25, 0.3) is 10.9 Å². The Hall–Kier alpha value is -1.45. The summed E-state index contributed by atoms with van der Waals surface area (Å²) in [6.07, 6.45) is 3.61. The fourth-order valence-corrected chi connectivity index (χ4v) is 4.92. The Balaban J connectivity index is 1.94. The lowest BCUT2D eigenvalue weighted by Gasteiger charge is -2.41. The molecule has 2 aromatic rings. The molecule has 0 radical (unpaired) electrons. The highest BCUT2D eigenvalue weighted by Gasteiger charge is 2.36. The minimum Gasteiger partial charge on any atom is -0.349 e. The molecule has 1 aromatic heterocycles. The van der Waals surface area contributed by atoms with Gasteiger partial charge in [0.25, 0.3) is 0 Å². The van der Waals surface area contributed by atoms with Gasteiger partial charge >= 0.3 is 0 Å². The van der Waals surface area contributed by atoms with Crippen molar-refractivity contribution in [3.8, 4) is 0 Å². The van der Waals surface area contributed by atoms with Crippen LogP contribution in [-0.4, -0.2) is 29.5 Å². The molecule has 3 heteroatoms. The van der Waals surface area contributed by atoms with Crippen LogP contribution in [0.3, 0.4) is 0 Å². The molecule has 4 rings (SSSR count). The molecule has 0 fully saturated rings. The Morgan fingerprint density at radius 2 is 2.23 bits per heavy atom. The molecule has 2 aliphatic rings. The van der Waals surface area contributed by atoms with Gasteiger partial charge in [0.15, 0.2) is 0 Å². The van der Waals surface area contributed by atoms with Gasteiger partial charge in [0.05, 0.1) is 5.03 Å². The zero-order valence-electron chi connectivity index (χ0n) is 13.4. The maximum Gasteiger partial charge on any atom is 0.0810 e. The van der Waals surface area contributed by atoms with Gasteiger partial charge in [0, 0.05) is 29.4 Å². The fourth-order valence-electron chi connectivity index (χ4n) is 4.10. The minimum absolute atomic E-state index is 0.522. The summed E-state index contributed by atoms with van der Waals surface area (Å²) in [7, 11) is 2.26. The van der Waals surface area contributed by atoms with Gasteiger partial charge < -0.3 is 4.98 Å². The van der Waals surface area contributed by atoms with Crippen LogP contribution < -0.4 is 0 Å². The summed E-state index contributed by atoms with van der Waals surface area (Å²) in [5, 5.41) is 2.74. The van der Waals surface area contributed by atoms with Gasteiger partial charge in [0.1, 0.15) is 0 Å². The van der Waals surface area contributed by atoms with E-state index in [0.717, 1.165) is 17.9 Å². The van der Waals surface area contributed by atoms with E-state index in [1.54, 1.807) is 11.8 Å². The van der Waals surface area contributed by atoms with E-state index < -0.39 is 0 Å². The second-order valence-electron chi connectivity index (χ2n) is 6.73. The first-order valence-electron chi connectivity index (χ1n) is 7.89. The van der Waals surface area contributed by atoms with E-state index >= 15 is 0 Å². The van der Waals surface area contributed by atoms with Crippen molar-refractivity contribution in [3.63, 3.8) is 0 Å². The highest BCUT2D eigenvalue weighted by molar-refractivity contribution is 8.03. The summed E-state index contributed by atoms with van der Waals surface area (Å²) in [6.45, 7) is 9.48. The lowest BCUT2D eigenvalue weighted by atomic mass is 9.77. The van der Waals surface area contributed by atoms with Gasteiger partial charge in [-0.1, -0.05) is 42.1 Å². The predicted octanol–water partition coefficient (Wildman–Crippen LogP) is 4.69. The van der Waals surface area contributed by atoms with Crippen molar-refractivity contribution in [1.29, 1.82) is 0 Å². The molecule has 2 nitrogen and oxygen atoms in total. The number of thioether (sulfide) groups is 1. The Bertz CT molecular complexity index is 799. The van der Waals surface area contributed by atoms with Gasteiger partial charge in [-0.15, -0.1) is 0 Å². The van der Waals surface area contributed by atoms with Gasteiger partial charge in [0.2, 0.25) is 0 Å². The fraction of sp³-hybridized carbons (Fsp3) is 0.368. The molecule has 0 saturated heterocycles. The van der Waals surface area contributed by atoms with Gasteiger partial charge in [-0.3, -0.25) is 4.90 Å². The standard InChI is InChI=1S/C19H22N2S/c1-11(2)22-19-15-9-17-14(8-12(3)10-21(17)4)13-6-5-7-16(20-19)18(13)15/h5-8,14,17,20H,1,9-10H2,2-4H3/t14-,17-/m1/s1. The molecule has 0 spiro atoms. The largest absolute Gasteiger partial charge is 0.349 e. The lowest BCUT2D eigenvalue weighted by molar-refractivity contribution is 0.224. The Morgan fingerprint density at radius 3 is 3.00 bits per heavy atom. The molecule has 2 atom stereocenters. The van der Waals surface area contributed by atoms with Crippen molar-refractivity contribution in [2.75, 3.05) is 13.6 Å². The highest BCUT2D eigenvalue weighted by Crippen LogP contribution is 2.45. The molecule has 1 aliphatic heterocycles. The number of aromatic nitrogens is 1. The maximum atomic E-state index is 4.07. The number of rotatable bonds is 2. The van der Waals surface area contributed by atoms with Gasteiger partial charge in [-0.25, -0.2) is 0 Å². The number of fused-ring (bicyclic) bond motifs is 2. The second-order valence-corrected chi connectivity index (χ2v) is 8.04. The third kappa shape index (κ3) is 2.07. The molecule has 1 N–H and O–H groups in total. The van der Waals surface area contributed by atoms with Gasteiger partial charge in [-0.2, -0.15) is 0 Å². The van der Waals surface area contributed by atoms with Crippen molar-refractivity contribution in [2.45, 2.75) is 37.3 Å². The molecule has 0 amide bonds. The summed E-state index contributed by atoms with van der Waals surface area (Å²) in [6, 6.07) is 7.28. The SMILES string of the molecule is C=C(C)Sc1[nH]c2cccc3c2c1C[C@@H]1[C@@H]3C=C(C)CN1C. The Labute approximate surface area is 136 Å². The van der Waals surface area contributed by atoms with Crippen LogP contribution in [0.1, 0.15) is 30.9 Å². The molecule has 0 unspecified atom stereocenters. The summed E-state index contributed by atoms with van der Waals surface area (Å²) < 4.78 is 0. The number of likely N-dealkylation sites (N-methyl/N-ethyl adjacent to an activating group) is 1. The van der Waals surface area contributed by atoms with E-state index in [0.29, 0.717) is 12.0 Å². The van der Waals surface area contributed by atoms with Crippen LogP contribution in [0.5, 0.6) is 0 Å². The number of benzene rings is 1. The number of H-pyrrole nitrogens is 1. The molecular formula is C19H22N2S. The first kappa shape index (κ1) is 14.2. The first-order chi connectivity index (χ1) is 10.5. The van der Waals surface area contributed by atoms with Crippen LogP contribution in [0.15, 0.2) is 46.4 Å². The van der Waals surface area contributed by atoms with Crippen molar-refractivity contribution in [2.24, 2.45) is 0 Å². The molecule has 22 heavy (non-hydrogen) atoms. The van der Waals surface area contributed by atoms with Crippen LogP contribution in [0.4, 0.5) is 0 Å². The number of hydrogen-bond donors (Lipinski definition) is 1. The number of nitrogens with one attached hydrogen (secondary N) is 1. The van der Waals surface area contributed by atoms with E-state index in [-0.39, 0.29) is 0 Å². The maximum absolute atomic E-state index is 4.07. The number of aromatic amines is 1. The monoisotopic (exact) mass is 310 g/mol. The molecular weight excluding hydrogens is 288 g/mol. The second kappa shape index (κ2) is 5.04. The summed E-state index contributed by atoms with van der Waals surface area (Å²) in [4.78, 5) is 7.28. The molecule has 2 heterocycles. The van der Waals surface area contributed by atoms with Crippen molar-refractivity contribution in [3.05, 3.63) is 52.5 Å². The van der Waals surface area contributed by atoms with E-state index in [9.17, 15) is 0 Å². The Morgan fingerprint density at radius 1 is 1.41 bits per heavy atom.